The third-order valence-electron chi connectivity index (χ3n) is 7.78. The standard InChI is InChI=1S/C26H30N6O2/c1-16(19-3-2-6-27-13-19)29-21-5-4-20-14-28-23(30-22(20)8-21)31-24(33)32-25-9-17-7-18(10-25)12-26(34,11-17)15-25/h2-6,8,13-14,16-18,29,34H,7,9-12,15H2,1H3,(H2,28,30,31,32,33). The van der Waals surface area contributed by atoms with Crippen LogP contribution in [0, 0.1) is 11.8 Å². The van der Waals surface area contributed by atoms with Crippen molar-refractivity contribution in [1.29, 1.82) is 0 Å². The summed E-state index contributed by atoms with van der Waals surface area (Å²) in [6, 6.07) is 9.67. The van der Waals surface area contributed by atoms with Gasteiger partial charge >= 0.3 is 6.03 Å². The SMILES string of the molecule is CC(Nc1ccc2cnc(NC(=O)NC34CC5CC(CC(O)(C5)C3)C4)nc2c1)c1cccnc1. The summed E-state index contributed by atoms with van der Waals surface area (Å²) in [7, 11) is 0. The number of carbonyl (C=O) groups excluding carboxylic acids is 1. The van der Waals surface area contributed by atoms with Gasteiger partial charge in [0.25, 0.3) is 0 Å². The van der Waals surface area contributed by atoms with Crippen LogP contribution < -0.4 is 16.0 Å². The summed E-state index contributed by atoms with van der Waals surface area (Å²) in [5, 5.41) is 21.3. The molecule has 3 atom stereocenters. The monoisotopic (exact) mass is 458 g/mol. The predicted octanol–water partition coefficient (Wildman–Crippen LogP) is 4.40. The smallest absolute Gasteiger partial charge is 0.322 e. The molecule has 7 rings (SSSR count). The highest BCUT2D eigenvalue weighted by Gasteiger charge is 2.57. The Kier molecular flexibility index (Phi) is 4.95. The lowest BCUT2D eigenvalue weighted by atomic mass is 9.51. The lowest BCUT2D eigenvalue weighted by Crippen LogP contribution is -2.65. The molecule has 0 spiro atoms. The Labute approximate surface area is 198 Å². The van der Waals surface area contributed by atoms with E-state index in [9.17, 15) is 9.90 Å². The van der Waals surface area contributed by atoms with E-state index >= 15 is 0 Å². The van der Waals surface area contributed by atoms with E-state index in [1.54, 1.807) is 12.4 Å². The van der Waals surface area contributed by atoms with Gasteiger partial charge in [0.05, 0.1) is 17.2 Å². The van der Waals surface area contributed by atoms with Crippen molar-refractivity contribution in [3.8, 4) is 0 Å². The van der Waals surface area contributed by atoms with Gasteiger partial charge in [0.1, 0.15) is 0 Å². The maximum Gasteiger partial charge on any atom is 0.322 e. The lowest BCUT2D eigenvalue weighted by Gasteiger charge is -2.60. The van der Waals surface area contributed by atoms with Crippen LogP contribution in [0.15, 0.2) is 48.9 Å². The van der Waals surface area contributed by atoms with Crippen molar-refractivity contribution in [2.75, 3.05) is 10.6 Å². The minimum Gasteiger partial charge on any atom is -0.390 e. The normalized spacial score (nSPS) is 30.2. The number of aromatic nitrogens is 3. The number of hydrogen-bond acceptors (Lipinski definition) is 6. The Bertz CT molecular complexity index is 1220. The fraction of sp³-hybridized carbons (Fsp3) is 0.462. The Balaban J connectivity index is 1.16. The molecule has 0 aliphatic heterocycles. The fourth-order valence-corrected chi connectivity index (χ4v) is 6.87. The van der Waals surface area contributed by atoms with Crippen LogP contribution in [-0.4, -0.2) is 37.2 Å². The van der Waals surface area contributed by atoms with Crippen molar-refractivity contribution in [1.82, 2.24) is 20.3 Å². The minimum absolute atomic E-state index is 0.0893. The number of nitrogens with zero attached hydrogens (tertiary/aromatic N) is 3. The van der Waals surface area contributed by atoms with Crippen LogP contribution in [0.25, 0.3) is 10.9 Å². The molecule has 0 radical (unpaired) electrons. The van der Waals surface area contributed by atoms with E-state index in [0.29, 0.717) is 18.3 Å². The third-order valence-corrected chi connectivity index (χ3v) is 7.78. The molecule has 1 aromatic carbocycles. The first-order valence-corrected chi connectivity index (χ1v) is 12.1. The first-order valence-electron chi connectivity index (χ1n) is 12.1. The summed E-state index contributed by atoms with van der Waals surface area (Å²) in [6.45, 7) is 2.08. The van der Waals surface area contributed by atoms with Gasteiger partial charge in [-0.25, -0.2) is 14.8 Å². The Morgan fingerprint density at radius 3 is 2.71 bits per heavy atom. The van der Waals surface area contributed by atoms with Crippen molar-refractivity contribution in [2.24, 2.45) is 11.8 Å². The Hall–Kier alpha value is -3.26. The summed E-state index contributed by atoms with van der Waals surface area (Å²) in [4.78, 5) is 26.0. The van der Waals surface area contributed by atoms with E-state index in [4.69, 9.17) is 0 Å². The zero-order valence-corrected chi connectivity index (χ0v) is 19.3. The highest BCUT2D eigenvalue weighted by molar-refractivity contribution is 5.90. The number of urea groups is 1. The van der Waals surface area contributed by atoms with Crippen LogP contribution >= 0.6 is 0 Å². The molecule has 8 nitrogen and oxygen atoms in total. The molecule has 34 heavy (non-hydrogen) atoms. The maximum atomic E-state index is 12.9. The van der Waals surface area contributed by atoms with Gasteiger partial charge in [-0.05, 0) is 87.1 Å². The molecule has 4 aliphatic rings. The van der Waals surface area contributed by atoms with E-state index in [2.05, 4.69) is 37.8 Å². The van der Waals surface area contributed by atoms with E-state index in [0.717, 1.165) is 47.8 Å². The molecular weight excluding hydrogens is 428 g/mol. The number of anilines is 2. The fourth-order valence-electron chi connectivity index (χ4n) is 6.87. The van der Waals surface area contributed by atoms with Crippen molar-refractivity contribution >= 4 is 28.6 Å². The molecular formula is C26H30N6O2. The highest BCUT2D eigenvalue weighted by atomic mass is 16.3. The van der Waals surface area contributed by atoms with Crippen molar-refractivity contribution < 1.29 is 9.90 Å². The molecule has 4 bridgehead atoms. The van der Waals surface area contributed by atoms with Gasteiger partial charge in [0.15, 0.2) is 0 Å². The quantitative estimate of drug-likeness (QED) is 0.451. The first kappa shape index (κ1) is 21.3. The van der Waals surface area contributed by atoms with Gasteiger partial charge in [0, 0.05) is 35.2 Å². The number of pyridine rings is 1. The summed E-state index contributed by atoms with van der Waals surface area (Å²) in [6.07, 6.45) is 10.8. The molecule has 4 N–H and O–H groups in total. The molecule has 4 fully saturated rings. The maximum absolute atomic E-state index is 12.9. The number of rotatable bonds is 5. The zero-order chi connectivity index (χ0) is 23.3. The molecule has 3 aromatic rings. The highest BCUT2D eigenvalue weighted by Crippen LogP contribution is 2.57. The van der Waals surface area contributed by atoms with Crippen LogP contribution in [0.2, 0.25) is 0 Å². The summed E-state index contributed by atoms with van der Waals surface area (Å²) in [5.41, 5.74) is 1.84. The number of benzene rings is 1. The van der Waals surface area contributed by atoms with E-state index < -0.39 is 5.60 Å². The van der Waals surface area contributed by atoms with E-state index in [-0.39, 0.29) is 23.6 Å². The van der Waals surface area contributed by atoms with Crippen LogP contribution in [0.5, 0.6) is 0 Å². The van der Waals surface area contributed by atoms with Gasteiger partial charge in [-0.1, -0.05) is 6.07 Å². The van der Waals surface area contributed by atoms with Gasteiger partial charge in [-0.3, -0.25) is 10.3 Å². The molecule has 176 valence electrons. The van der Waals surface area contributed by atoms with E-state index in [1.165, 1.54) is 6.42 Å². The molecule has 4 aliphatic carbocycles. The lowest BCUT2D eigenvalue weighted by molar-refractivity contribution is -0.138. The van der Waals surface area contributed by atoms with Crippen LogP contribution in [-0.2, 0) is 0 Å². The third kappa shape index (κ3) is 4.07. The predicted molar refractivity (Wildman–Crippen MR) is 130 cm³/mol. The van der Waals surface area contributed by atoms with Gasteiger partial charge in [-0.15, -0.1) is 0 Å². The number of amides is 2. The Morgan fingerprint density at radius 2 is 1.97 bits per heavy atom. The van der Waals surface area contributed by atoms with Gasteiger partial charge < -0.3 is 15.7 Å². The zero-order valence-electron chi connectivity index (χ0n) is 19.3. The molecule has 4 saturated carbocycles. The molecule has 2 amide bonds. The van der Waals surface area contributed by atoms with Gasteiger partial charge in [0.2, 0.25) is 5.95 Å². The molecule has 8 heteroatoms. The molecule has 2 aromatic heterocycles. The minimum atomic E-state index is -0.618. The average Bonchev–Trinajstić information content (AvgIpc) is 2.77. The number of nitrogens with one attached hydrogen (secondary N) is 3. The van der Waals surface area contributed by atoms with Crippen molar-refractivity contribution in [2.45, 2.75) is 62.6 Å². The molecule has 2 heterocycles. The second-order valence-corrected chi connectivity index (χ2v) is 10.7. The van der Waals surface area contributed by atoms with Crippen molar-refractivity contribution in [3.63, 3.8) is 0 Å². The summed E-state index contributed by atoms with van der Waals surface area (Å²) >= 11 is 0. The second kappa shape index (κ2) is 7.91. The summed E-state index contributed by atoms with van der Waals surface area (Å²) < 4.78 is 0. The van der Waals surface area contributed by atoms with Crippen molar-refractivity contribution in [3.05, 3.63) is 54.5 Å². The van der Waals surface area contributed by atoms with Gasteiger partial charge in [-0.2, -0.15) is 0 Å². The second-order valence-electron chi connectivity index (χ2n) is 10.7. The van der Waals surface area contributed by atoms with Crippen LogP contribution in [0.3, 0.4) is 0 Å². The number of carbonyl (C=O) groups is 1. The topological polar surface area (TPSA) is 112 Å². The average molecular weight is 459 g/mol. The first-order chi connectivity index (χ1) is 16.4. The number of hydrogen-bond donors (Lipinski definition) is 4. The largest absolute Gasteiger partial charge is 0.390 e. The Morgan fingerprint density at radius 1 is 1.15 bits per heavy atom. The molecule has 0 saturated heterocycles. The van der Waals surface area contributed by atoms with E-state index in [1.807, 2.05) is 36.5 Å². The number of aliphatic hydroxyl groups is 1. The molecule has 3 unspecified atom stereocenters. The van der Waals surface area contributed by atoms with Crippen LogP contribution in [0.1, 0.15) is 57.1 Å². The van der Waals surface area contributed by atoms with Crippen LogP contribution in [0.4, 0.5) is 16.4 Å². The summed E-state index contributed by atoms with van der Waals surface area (Å²) in [5.74, 6) is 1.28. The number of fused-ring (bicyclic) bond motifs is 1.